The molecule has 0 saturated carbocycles. The highest BCUT2D eigenvalue weighted by molar-refractivity contribution is 5.93. The van der Waals surface area contributed by atoms with Gasteiger partial charge in [-0.2, -0.15) is 0 Å². The fourth-order valence-corrected chi connectivity index (χ4v) is 2.46. The number of hydrogen-bond acceptors (Lipinski definition) is 1. The van der Waals surface area contributed by atoms with Crippen molar-refractivity contribution in [1.29, 1.82) is 0 Å². The quantitative estimate of drug-likeness (QED) is 0.853. The van der Waals surface area contributed by atoms with Crippen molar-refractivity contribution in [2.24, 2.45) is 0 Å². The maximum atomic E-state index is 13.4. The van der Waals surface area contributed by atoms with E-state index in [1.54, 1.807) is 0 Å². The fourth-order valence-electron chi connectivity index (χ4n) is 2.46. The normalized spacial score (nSPS) is 18.1. The smallest absolute Gasteiger partial charge is 0.282 e. The molecule has 0 radical (unpaired) electrons. The Morgan fingerprint density at radius 3 is 2.63 bits per heavy atom. The molecule has 0 bridgehead atoms. The second kappa shape index (κ2) is 6.10. The summed E-state index contributed by atoms with van der Waals surface area (Å²) in [7, 11) is 0. The number of halogens is 2. The Kier molecular flexibility index (Phi) is 4.47. The maximum absolute atomic E-state index is 13.4. The Morgan fingerprint density at radius 2 is 1.95 bits per heavy atom. The SMILES string of the molecule is C[C@@H](C(=O)Nc1cc(F)ccc1F)[NH+]1CCCCC1. The highest BCUT2D eigenvalue weighted by atomic mass is 19.1. The van der Waals surface area contributed by atoms with Crippen molar-refractivity contribution in [3.8, 4) is 0 Å². The number of nitrogens with one attached hydrogen (secondary N) is 2. The summed E-state index contributed by atoms with van der Waals surface area (Å²) in [6.45, 7) is 3.74. The van der Waals surface area contributed by atoms with E-state index in [9.17, 15) is 13.6 Å². The highest BCUT2D eigenvalue weighted by Crippen LogP contribution is 2.15. The predicted molar refractivity (Wildman–Crippen MR) is 69.0 cm³/mol. The van der Waals surface area contributed by atoms with Gasteiger partial charge in [0.1, 0.15) is 11.6 Å². The molecule has 1 aromatic rings. The molecule has 0 spiro atoms. The lowest BCUT2D eigenvalue weighted by Crippen LogP contribution is -3.17. The van der Waals surface area contributed by atoms with Gasteiger partial charge in [-0.05, 0) is 38.3 Å². The van der Waals surface area contributed by atoms with Crippen LogP contribution in [0.4, 0.5) is 14.5 Å². The lowest BCUT2D eigenvalue weighted by Gasteiger charge is -2.28. The molecule has 3 nitrogen and oxygen atoms in total. The van der Waals surface area contributed by atoms with Crippen LogP contribution in [0.25, 0.3) is 0 Å². The van der Waals surface area contributed by atoms with Crippen molar-refractivity contribution in [2.75, 3.05) is 18.4 Å². The molecule has 1 aliphatic heterocycles. The summed E-state index contributed by atoms with van der Waals surface area (Å²) in [4.78, 5) is 13.3. The Hall–Kier alpha value is -1.49. The molecule has 5 heteroatoms. The van der Waals surface area contributed by atoms with Crippen LogP contribution >= 0.6 is 0 Å². The van der Waals surface area contributed by atoms with E-state index >= 15 is 0 Å². The molecular weight excluding hydrogens is 250 g/mol. The number of hydrogen-bond donors (Lipinski definition) is 2. The first kappa shape index (κ1) is 13.9. The summed E-state index contributed by atoms with van der Waals surface area (Å²) in [5.74, 6) is -1.44. The summed E-state index contributed by atoms with van der Waals surface area (Å²) in [6, 6.07) is 2.81. The van der Waals surface area contributed by atoms with Gasteiger partial charge in [0.2, 0.25) is 0 Å². The van der Waals surface area contributed by atoms with Crippen LogP contribution in [-0.4, -0.2) is 25.0 Å². The summed E-state index contributed by atoms with van der Waals surface area (Å²) < 4.78 is 26.5. The number of anilines is 1. The first-order valence-electron chi connectivity index (χ1n) is 6.68. The van der Waals surface area contributed by atoms with E-state index in [0.29, 0.717) is 0 Å². The van der Waals surface area contributed by atoms with Crippen molar-refractivity contribution in [3.05, 3.63) is 29.8 Å². The molecule has 104 valence electrons. The minimum atomic E-state index is -0.615. The Balaban J connectivity index is 2.01. The van der Waals surface area contributed by atoms with Crippen molar-refractivity contribution in [2.45, 2.75) is 32.2 Å². The maximum Gasteiger partial charge on any atom is 0.282 e. The van der Waals surface area contributed by atoms with Crippen LogP contribution in [0.1, 0.15) is 26.2 Å². The second-order valence-corrected chi connectivity index (χ2v) is 5.05. The van der Waals surface area contributed by atoms with Crippen LogP contribution < -0.4 is 10.2 Å². The molecular formula is C14H19F2N2O+. The molecule has 1 saturated heterocycles. The van der Waals surface area contributed by atoms with Crippen molar-refractivity contribution in [1.82, 2.24) is 0 Å². The molecule has 0 aromatic heterocycles. The molecule has 19 heavy (non-hydrogen) atoms. The Bertz CT molecular complexity index is 459. The van der Waals surface area contributed by atoms with Gasteiger partial charge in [0.05, 0.1) is 18.8 Å². The van der Waals surface area contributed by atoms with Gasteiger partial charge in [-0.1, -0.05) is 0 Å². The number of amides is 1. The molecule has 2 N–H and O–H groups in total. The zero-order valence-electron chi connectivity index (χ0n) is 11.0. The van der Waals surface area contributed by atoms with Crippen LogP contribution in [0.5, 0.6) is 0 Å². The lowest BCUT2D eigenvalue weighted by atomic mass is 10.1. The zero-order chi connectivity index (χ0) is 13.8. The number of likely N-dealkylation sites (tertiary alicyclic amines) is 1. The third-order valence-electron chi connectivity index (χ3n) is 3.69. The number of piperidine rings is 1. The van der Waals surface area contributed by atoms with Gasteiger partial charge in [0.15, 0.2) is 6.04 Å². The number of carbonyl (C=O) groups excluding carboxylic acids is 1. The first-order valence-corrected chi connectivity index (χ1v) is 6.68. The molecule has 1 atom stereocenters. The summed E-state index contributed by atoms with van der Waals surface area (Å²) >= 11 is 0. The number of rotatable bonds is 3. The average molecular weight is 269 g/mol. The monoisotopic (exact) mass is 269 g/mol. The average Bonchev–Trinajstić information content (AvgIpc) is 2.43. The van der Waals surface area contributed by atoms with Crippen LogP contribution in [0.3, 0.4) is 0 Å². The minimum absolute atomic E-state index is 0.0896. The van der Waals surface area contributed by atoms with Crippen molar-refractivity contribution >= 4 is 11.6 Å². The number of carbonyl (C=O) groups is 1. The third kappa shape index (κ3) is 3.50. The van der Waals surface area contributed by atoms with Gasteiger partial charge in [0, 0.05) is 6.07 Å². The van der Waals surface area contributed by atoms with E-state index < -0.39 is 11.6 Å². The lowest BCUT2D eigenvalue weighted by molar-refractivity contribution is -0.918. The molecule has 1 aromatic carbocycles. The van der Waals surface area contributed by atoms with Crippen LogP contribution in [0.15, 0.2) is 18.2 Å². The van der Waals surface area contributed by atoms with Crippen molar-refractivity contribution in [3.63, 3.8) is 0 Å². The third-order valence-corrected chi connectivity index (χ3v) is 3.69. The van der Waals surface area contributed by atoms with Gasteiger partial charge in [-0.25, -0.2) is 8.78 Å². The van der Waals surface area contributed by atoms with E-state index in [1.165, 1.54) is 11.3 Å². The number of benzene rings is 1. The van der Waals surface area contributed by atoms with E-state index in [2.05, 4.69) is 5.32 Å². The largest absolute Gasteiger partial charge is 0.325 e. The van der Waals surface area contributed by atoms with Crippen molar-refractivity contribution < 1.29 is 18.5 Å². The standard InChI is InChI=1S/C14H18F2N2O/c1-10(18-7-3-2-4-8-18)14(19)17-13-9-11(15)5-6-12(13)16/h5-6,9-10H,2-4,7-8H2,1H3,(H,17,19)/p+1/t10-/m0/s1. The zero-order valence-corrected chi connectivity index (χ0v) is 11.0. The van der Waals surface area contributed by atoms with Gasteiger partial charge < -0.3 is 10.2 Å². The molecule has 0 unspecified atom stereocenters. The fraction of sp³-hybridized carbons (Fsp3) is 0.500. The van der Waals surface area contributed by atoms with Crippen LogP contribution in [0.2, 0.25) is 0 Å². The van der Waals surface area contributed by atoms with E-state index in [0.717, 1.165) is 44.1 Å². The molecule has 0 aliphatic carbocycles. The Morgan fingerprint density at radius 1 is 1.26 bits per heavy atom. The van der Waals surface area contributed by atoms with E-state index in [4.69, 9.17) is 0 Å². The molecule has 1 amide bonds. The van der Waals surface area contributed by atoms with E-state index in [-0.39, 0.29) is 17.6 Å². The van der Waals surface area contributed by atoms with E-state index in [1.807, 2.05) is 6.92 Å². The first-order chi connectivity index (χ1) is 9.08. The number of quaternary nitrogens is 1. The summed E-state index contributed by atoms with van der Waals surface area (Å²) in [5, 5.41) is 2.47. The molecule has 1 heterocycles. The van der Waals surface area contributed by atoms with Gasteiger partial charge >= 0.3 is 0 Å². The van der Waals surface area contributed by atoms with Gasteiger partial charge in [0.25, 0.3) is 5.91 Å². The molecule has 2 rings (SSSR count). The summed E-state index contributed by atoms with van der Waals surface area (Å²) in [5.41, 5.74) is -0.0896. The Labute approximate surface area is 111 Å². The van der Waals surface area contributed by atoms with Crippen LogP contribution in [-0.2, 0) is 4.79 Å². The van der Waals surface area contributed by atoms with Gasteiger partial charge in [-0.15, -0.1) is 0 Å². The second-order valence-electron chi connectivity index (χ2n) is 5.05. The topological polar surface area (TPSA) is 33.5 Å². The minimum Gasteiger partial charge on any atom is -0.325 e. The molecule has 1 aliphatic rings. The predicted octanol–water partition coefficient (Wildman–Crippen LogP) is 1.36. The molecule has 1 fully saturated rings. The van der Waals surface area contributed by atoms with Gasteiger partial charge in [-0.3, -0.25) is 4.79 Å². The van der Waals surface area contributed by atoms with Crippen LogP contribution in [0, 0.1) is 11.6 Å². The highest BCUT2D eigenvalue weighted by Gasteiger charge is 2.27. The summed E-state index contributed by atoms with van der Waals surface area (Å²) in [6.07, 6.45) is 3.43.